The molecule has 2 N–H and O–H groups in total. The van der Waals surface area contributed by atoms with Crippen LogP contribution in [0.15, 0.2) is 35.3 Å². The molecule has 5 heteroatoms. The minimum Gasteiger partial charge on any atom is -0.375 e. The predicted octanol–water partition coefficient (Wildman–Crippen LogP) is 3.35. The van der Waals surface area contributed by atoms with Crippen LogP contribution in [-0.4, -0.2) is 50.2 Å². The summed E-state index contributed by atoms with van der Waals surface area (Å²) in [7, 11) is 4.01. The molecule has 1 atom stereocenters. The number of anilines is 1. The zero-order valence-electron chi connectivity index (χ0n) is 15.3. The molecule has 0 spiro atoms. The number of para-hydroxylation sites is 1. The molecule has 1 unspecified atom stereocenters. The number of hydrogen-bond acceptors (Lipinski definition) is 3. The smallest absolute Gasteiger partial charge is 0.191 e. The van der Waals surface area contributed by atoms with E-state index in [4.69, 9.17) is 0 Å². The van der Waals surface area contributed by atoms with Gasteiger partial charge in [-0.25, -0.2) is 0 Å². The highest BCUT2D eigenvalue weighted by Crippen LogP contribution is 2.36. The van der Waals surface area contributed by atoms with Crippen molar-refractivity contribution in [1.82, 2.24) is 10.6 Å². The number of thioether (sulfide) groups is 1. The molecule has 4 nitrogen and oxygen atoms in total. The second-order valence-electron chi connectivity index (χ2n) is 6.72. The first-order valence-electron chi connectivity index (χ1n) is 8.98. The summed E-state index contributed by atoms with van der Waals surface area (Å²) in [6, 6.07) is 10.6. The molecule has 1 aromatic carbocycles. The molecule has 0 radical (unpaired) electrons. The van der Waals surface area contributed by atoms with E-state index in [1.165, 1.54) is 30.7 Å². The summed E-state index contributed by atoms with van der Waals surface area (Å²) in [6.07, 6.45) is 4.95. The lowest BCUT2D eigenvalue weighted by Gasteiger charge is -2.24. The van der Waals surface area contributed by atoms with Crippen molar-refractivity contribution >= 4 is 23.4 Å². The molecule has 0 aromatic heterocycles. The minimum atomic E-state index is 0.371. The largest absolute Gasteiger partial charge is 0.375 e. The SMILES string of the molecule is CN=C(NCCCCN(C)c1ccccc1)NCC1(C)CCCS1. The fourth-order valence-electron chi connectivity index (χ4n) is 2.96. The van der Waals surface area contributed by atoms with Crippen molar-refractivity contribution in [2.45, 2.75) is 37.4 Å². The minimum absolute atomic E-state index is 0.371. The van der Waals surface area contributed by atoms with Gasteiger partial charge in [-0.05, 0) is 50.5 Å². The van der Waals surface area contributed by atoms with Gasteiger partial charge in [0.2, 0.25) is 0 Å². The molecule has 0 amide bonds. The number of nitrogens with one attached hydrogen (secondary N) is 2. The Bertz CT molecular complexity index is 497. The van der Waals surface area contributed by atoms with Gasteiger partial charge in [-0.15, -0.1) is 0 Å². The lowest BCUT2D eigenvalue weighted by Crippen LogP contribution is -2.43. The Morgan fingerprint density at radius 3 is 2.71 bits per heavy atom. The summed E-state index contributed by atoms with van der Waals surface area (Å²) in [5.74, 6) is 2.22. The summed E-state index contributed by atoms with van der Waals surface area (Å²) in [4.78, 5) is 6.65. The van der Waals surface area contributed by atoms with Crippen molar-refractivity contribution in [3.8, 4) is 0 Å². The van der Waals surface area contributed by atoms with Gasteiger partial charge in [0.1, 0.15) is 0 Å². The van der Waals surface area contributed by atoms with E-state index in [1.807, 2.05) is 7.05 Å². The van der Waals surface area contributed by atoms with Crippen LogP contribution in [0.4, 0.5) is 5.69 Å². The third-order valence-electron chi connectivity index (χ3n) is 4.56. The number of guanidine groups is 1. The molecule has 0 bridgehead atoms. The zero-order valence-corrected chi connectivity index (χ0v) is 16.2. The van der Waals surface area contributed by atoms with Crippen LogP contribution in [-0.2, 0) is 0 Å². The number of hydrogen-bond donors (Lipinski definition) is 2. The lowest BCUT2D eigenvalue weighted by atomic mass is 10.1. The van der Waals surface area contributed by atoms with Gasteiger partial charge in [-0.1, -0.05) is 18.2 Å². The second-order valence-corrected chi connectivity index (χ2v) is 8.40. The number of benzene rings is 1. The Kier molecular flexibility index (Phi) is 7.76. The number of aliphatic imine (C=N–C) groups is 1. The standard InChI is InChI=1S/C19H32N4S/c1-19(12-9-15-24-19)16-22-18(20-2)21-13-7-8-14-23(3)17-10-5-4-6-11-17/h4-6,10-11H,7-9,12-16H2,1-3H3,(H2,20,21,22). The van der Waals surface area contributed by atoms with E-state index in [0.29, 0.717) is 4.75 Å². The molecule has 1 heterocycles. The van der Waals surface area contributed by atoms with Crippen molar-refractivity contribution in [3.05, 3.63) is 30.3 Å². The number of nitrogens with zero attached hydrogens (tertiary/aromatic N) is 2. The molecule has 1 aliphatic rings. The van der Waals surface area contributed by atoms with Gasteiger partial charge < -0.3 is 15.5 Å². The van der Waals surface area contributed by atoms with Gasteiger partial charge >= 0.3 is 0 Å². The third-order valence-corrected chi connectivity index (χ3v) is 6.10. The van der Waals surface area contributed by atoms with Gasteiger partial charge in [-0.3, -0.25) is 4.99 Å². The van der Waals surface area contributed by atoms with Gasteiger partial charge in [0.15, 0.2) is 5.96 Å². The van der Waals surface area contributed by atoms with E-state index in [1.54, 1.807) is 0 Å². The molecule has 0 saturated carbocycles. The normalized spacial score (nSPS) is 20.9. The van der Waals surface area contributed by atoms with Gasteiger partial charge in [0.25, 0.3) is 0 Å². The van der Waals surface area contributed by atoms with Crippen molar-refractivity contribution in [2.75, 3.05) is 44.4 Å². The van der Waals surface area contributed by atoms with E-state index in [2.05, 4.69) is 76.6 Å². The summed E-state index contributed by atoms with van der Waals surface area (Å²) in [5, 5.41) is 6.92. The fourth-order valence-corrected chi connectivity index (χ4v) is 4.20. The van der Waals surface area contributed by atoms with Crippen molar-refractivity contribution in [1.29, 1.82) is 0 Å². The van der Waals surface area contributed by atoms with E-state index in [-0.39, 0.29) is 0 Å². The molecule has 1 fully saturated rings. The molecular formula is C19H32N4S. The summed E-state index contributed by atoms with van der Waals surface area (Å²) in [6.45, 7) is 5.39. The second kappa shape index (κ2) is 9.82. The molecule has 1 aliphatic heterocycles. The van der Waals surface area contributed by atoms with Crippen molar-refractivity contribution in [2.24, 2.45) is 4.99 Å². The summed E-state index contributed by atoms with van der Waals surface area (Å²) < 4.78 is 0.371. The first-order chi connectivity index (χ1) is 11.6. The molecular weight excluding hydrogens is 316 g/mol. The maximum absolute atomic E-state index is 4.34. The highest BCUT2D eigenvalue weighted by Gasteiger charge is 2.29. The molecule has 1 saturated heterocycles. The van der Waals surface area contributed by atoms with Gasteiger partial charge in [0.05, 0.1) is 0 Å². The van der Waals surface area contributed by atoms with E-state index in [9.17, 15) is 0 Å². The Morgan fingerprint density at radius 1 is 1.25 bits per heavy atom. The molecule has 0 aliphatic carbocycles. The summed E-state index contributed by atoms with van der Waals surface area (Å²) >= 11 is 2.08. The van der Waals surface area contributed by atoms with Gasteiger partial charge in [-0.2, -0.15) is 11.8 Å². The van der Waals surface area contributed by atoms with Crippen LogP contribution in [0.2, 0.25) is 0 Å². The maximum atomic E-state index is 4.34. The van der Waals surface area contributed by atoms with Crippen molar-refractivity contribution in [3.63, 3.8) is 0 Å². The van der Waals surface area contributed by atoms with E-state index >= 15 is 0 Å². The number of rotatable bonds is 8. The highest BCUT2D eigenvalue weighted by atomic mass is 32.2. The van der Waals surface area contributed by atoms with Crippen LogP contribution in [0.5, 0.6) is 0 Å². The topological polar surface area (TPSA) is 39.7 Å². The quantitative estimate of drug-likeness (QED) is 0.429. The van der Waals surface area contributed by atoms with E-state index < -0.39 is 0 Å². The van der Waals surface area contributed by atoms with Gasteiger partial charge in [0, 0.05) is 44.2 Å². The zero-order chi connectivity index (χ0) is 17.3. The van der Waals surface area contributed by atoms with Crippen LogP contribution in [0, 0.1) is 0 Å². The van der Waals surface area contributed by atoms with Crippen LogP contribution in [0.25, 0.3) is 0 Å². The Labute approximate surface area is 151 Å². The lowest BCUT2D eigenvalue weighted by molar-refractivity contribution is 0.582. The summed E-state index contributed by atoms with van der Waals surface area (Å²) in [5.41, 5.74) is 1.28. The molecule has 24 heavy (non-hydrogen) atoms. The monoisotopic (exact) mass is 348 g/mol. The van der Waals surface area contributed by atoms with Crippen LogP contribution in [0.1, 0.15) is 32.6 Å². The third kappa shape index (κ3) is 6.27. The maximum Gasteiger partial charge on any atom is 0.191 e. The Balaban J connectivity index is 1.58. The average molecular weight is 349 g/mol. The highest BCUT2D eigenvalue weighted by molar-refractivity contribution is 8.00. The molecule has 1 aromatic rings. The van der Waals surface area contributed by atoms with Crippen LogP contribution in [0.3, 0.4) is 0 Å². The van der Waals surface area contributed by atoms with E-state index in [0.717, 1.165) is 32.0 Å². The predicted molar refractivity (Wildman–Crippen MR) is 108 cm³/mol. The van der Waals surface area contributed by atoms with Crippen molar-refractivity contribution < 1.29 is 0 Å². The first kappa shape index (κ1) is 19.0. The molecule has 134 valence electrons. The average Bonchev–Trinajstić information content (AvgIpc) is 3.04. The number of unbranched alkanes of at least 4 members (excludes halogenated alkanes) is 1. The Morgan fingerprint density at radius 2 is 2.04 bits per heavy atom. The molecule has 2 rings (SSSR count). The first-order valence-corrected chi connectivity index (χ1v) is 9.96. The van der Waals surface area contributed by atoms with Crippen LogP contribution >= 0.6 is 11.8 Å². The fraction of sp³-hybridized carbons (Fsp3) is 0.632. The van der Waals surface area contributed by atoms with Crippen LogP contribution < -0.4 is 15.5 Å². The Hall–Kier alpha value is -1.36.